The van der Waals surface area contributed by atoms with Gasteiger partial charge in [-0.2, -0.15) is 0 Å². The predicted molar refractivity (Wildman–Crippen MR) is 98.9 cm³/mol. The minimum absolute atomic E-state index is 0.0951. The molecule has 0 bridgehead atoms. The van der Waals surface area contributed by atoms with E-state index in [0.29, 0.717) is 11.3 Å². The Balaban J connectivity index is 1.68. The number of hydrogen-bond donors (Lipinski definition) is 3. The Labute approximate surface area is 159 Å². The van der Waals surface area contributed by atoms with E-state index in [-0.39, 0.29) is 18.7 Å². The van der Waals surface area contributed by atoms with Crippen molar-refractivity contribution in [2.45, 2.75) is 29.0 Å². The quantitative estimate of drug-likeness (QED) is 0.707. The molecule has 0 saturated heterocycles. The third kappa shape index (κ3) is 4.85. The summed E-state index contributed by atoms with van der Waals surface area (Å²) in [6, 6.07) is 11.8. The molecule has 0 aromatic heterocycles. The fourth-order valence-corrected chi connectivity index (χ4v) is 3.88. The number of carbonyl (C=O) groups excluding carboxylic acids is 2. The molecule has 27 heavy (non-hydrogen) atoms. The van der Waals surface area contributed by atoms with E-state index in [4.69, 9.17) is 5.11 Å². The number of anilines is 1. The third-order valence-electron chi connectivity index (χ3n) is 4.06. The summed E-state index contributed by atoms with van der Waals surface area (Å²) < 4.78 is 13.1. The molecule has 3 rings (SSSR count). The van der Waals surface area contributed by atoms with Crippen LogP contribution in [0.4, 0.5) is 10.1 Å². The molecule has 1 heterocycles. The minimum atomic E-state index is -1.09. The Kier molecular flexibility index (Phi) is 5.75. The lowest BCUT2D eigenvalue weighted by Crippen LogP contribution is -2.36. The molecule has 140 valence electrons. The molecule has 0 aliphatic carbocycles. The Morgan fingerprint density at radius 1 is 1.19 bits per heavy atom. The number of nitrogens with one attached hydrogen (secondary N) is 2. The second-order valence-corrected chi connectivity index (χ2v) is 7.31. The zero-order chi connectivity index (χ0) is 19.4. The lowest BCUT2D eigenvalue weighted by molar-refractivity contribution is -0.138. The summed E-state index contributed by atoms with van der Waals surface area (Å²) in [7, 11) is 0. The summed E-state index contributed by atoms with van der Waals surface area (Å²) >= 11 is 1.29. The van der Waals surface area contributed by atoms with Crippen LogP contribution in [0.1, 0.15) is 24.4 Å². The van der Waals surface area contributed by atoms with E-state index < -0.39 is 29.0 Å². The highest BCUT2D eigenvalue weighted by Crippen LogP contribution is 2.36. The first-order valence-electron chi connectivity index (χ1n) is 8.25. The van der Waals surface area contributed by atoms with Gasteiger partial charge in [0.05, 0.1) is 23.4 Å². The topological polar surface area (TPSA) is 95.5 Å². The van der Waals surface area contributed by atoms with Crippen molar-refractivity contribution in [3.63, 3.8) is 0 Å². The van der Waals surface area contributed by atoms with Crippen LogP contribution in [0, 0.1) is 5.82 Å². The second-order valence-electron chi connectivity index (χ2n) is 6.07. The van der Waals surface area contributed by atoms with E-state index in [2.05, 4.69) is 10.6 Å². The van der Waals surface area contributed by atoms with Gasteiger partial charge in [0.2, 0.25) is 11.8 Å². The number of carbonyl (C=O) groups is 3. The molecule has 2 amide bonds. The maximum Gasteiger partial charge on any atom is 0.305 e. The molecule has 3 N–H and O–H groups in total. The molecule has 0 radical (unpaired) electrons. The Hall–Kier alpha value is -2.87. The highest BCUT2D eigenvalue weighted by atomic mass is 32.2. The van der Waals surface area contributed by atoms with Crippen molar-refractivity contribution in [2.24, 2.45) is 0 Å². The average molecular weight is 388 g/mol. The highest BCUT2D eigenvalue weighted by Gasteiger charge is 2.29. The Morgan fingerprint density at radius 3 is 2.59 bits per heavy atom. The van der Waals surface area contributed by atoms with Gasteiger partial charge in [0.1, 0.15) is 5.82 Å². The van der Waals surface area contributed by atoms with Crippen LogP contribution in [0.15, 0.2) is 53.4 Å². The summed E-state index contributed by atoms with van der Waals surface area (Å²) in [6.07, 6.45) is -0.438. The normalized spacial score (nSPS) is 16.8. The van der Waals surface area contributed by atoms with Crippen LogP contribution in [-0.2, 0) is 14.4 Å². The van der Waals surface area contributed by atoms with Crippen molar-refractivity contribution in [1.29, 1.82) is 0 Å². The van der Waals surface area contributed by atoms with Crippen molar-refractivity contribution >= 4 is 35.2 Å². The number of fused-ring (bicyclic) bond motifs is 1. The maximum absolute atomic E-state index is 13.1. The fraction of sp³-hybridized carbons (Fsp3) is 0.211. The lowest BCUT2D eigenvalue weighted by Gasteiger charge is -2.24. The zero-order valence-electron chi connectivity index (χ0n) is 14.1. The number of carboxylic acids is 1. The standard InChI is InChI=1S/C19H17FN2O4S/c20-12-7-5-11(6-8-12)14(9-18(24)25)21-17(23)10-16-19(26)22-13-3-1-2-4-15(13)27-16/h1-8,14,16H,9-10H2,(H,21,23)(H,22,26)(H,24,25). The van der Waals surface area contributed by atoms with E-state index in [9.17, 15) is 18.8 Å². The molecule has 0 fully saturated rings. The van der Waals surface area contributed by atoms with Gasteiger partial charge in [-0.3, -0.25) is 14.4 Å². The maximum atomic E-state index is 13.1. The number of thioether (sulfide) groups is 1. The van der Waals surface area contributed by atoms with Gasteiger partial charge in [0, 0.05) is 11.3 Å². The minimum Gasteiger partial charge on any atom is -0.481 e. The van der Waals surface area contributed by atoms with Gasteiger partial charge in [-0.05, 0) is 29.8 Å². The van der Waals surface area contributed by atoms with Gasteiger partial charge < -0.3 is 15.7 Å². The molecule has 6 nitrogen and oxygen atoms in total. The number of aliphatic carboxylic acids is 1. The van der Waals surface area contributed by atoms with E-state index in [1.165, 1.54) is 36.0 Å². The van der Waals surface area contributed by atoms with Gasteiger partial charge in [-0.1, -0.05) is 24.3 Å². The number of hydrogen-bond acceptors (Lipinski definition) is 4. The summed E-state index contributed by atoms with van der Waals surface area (Å²) in [5.74, 6) is -2.26. The third-order valence-corrected chi connectivity index (χ3v) is 5.34. The number of carboxylic acid groups (broad SMARTS) is 1. The Bertz CT molecular complexity index is 872. The van der Waals surface area contributed by atoms with Gasteiger partial charge >= 0.3 is 5.97 Å². The molecule has 2 aromatic carbocycles. The molecular weight excluding hydrogens is 371 g/mol. The van der Waals surface area contributed by atoms with Crippen LogP contribution in [0.2, 0.25) is 0 Å². The first kappa shape index (κ1) is 18.9. The number of halogens is 1. The summed E-state index contributed by atoms with van der Waals surface area (Å²) in [4.78, 5) is 36.6. The molecule has 1 aliphatic heterocycles. The van der Waals surface area contributed by atoms with E-state index in [1.54, 1.807) is 6.07 Å². The van der Waals surface area contributed by atoms with Crippen LogP contribution >= 0.6 is 11.8 Å². The van der Waals surface area contributed by atoms with Gasteiger partial charge in [-0.15, -0.1) is 11.8 Å². The molecule has 0 spiro atoms. The van der Waals surface area contributed by atoms with Gasteiger partial charge in [-0.25, -0.2) is 4.39 Å². The lowest BCUT2D eigenvalue weighted by atomic mass is 10.0. The van der Waals surface area contributed by atoms with E-state index in [1.807, 2.05) is 18.2 Å². The van der Waals surface area contributed by atoms with Crippen LogP contribution in [0.3, 0.4) is 0 Å². The molecule has 1 aliphatic rings. The average Bonchev–Trinajstić information content (AvgIpc) is 2.62. The van der Waals surface area contributed by atoms with Crippen molar-refractivity contribution in [1.82, 2.24) is 5.32 Å². The van der Waals surface area contributed by atoms with E-state index >= 15 is 0 Å². The van der Waals surface area contributed by atoms with Crippen molar-refractivity contribution in [3.05, 3.63) is 59.9 Å². The zero-order valence-corrected chi connectivity index (χ0v) is 15.0. The molecule has 0 saturated carbocycles. The summed E-state index contributed by atoms with van der Waals surface area (Å²) in [5.41, 5.74) is 1.19. The van der Waals surface area contributed by atoms with Crippen molar-refractivity contribution in [3.8, 4) is 0 Å². The van der Waals surface area contributed by atoms with Crippen LogP contribution in [0.5, 0.6) is 0 Å². The molecule has 8 heteroatoms. The SMILES string of the molecule is O=C(O)CC(NC(=O)CC1Sc2ccccc2NC1=O)c1ccc(F)cc1. The van der Waals surface area contributed by atoms with E-state index in [0.717, 1.165) is 4.90 Å². The van der Waals surface area contributed by atoms with Crippen LogP contribution < -0.4 is 10.6 Å². The fourth-order valence-electron chi connectivity index (χ4n) is 2.77. The summed E-state index contributed by atoms with van der Waals surface area (Å²) in [5, 5.41) is 13.9. The number of benzene rings is 2. The highest BCUT2D eigenvalue weighted by molar-refractivity contribution is 8.01. The van der Waals surface area contributed by atoms with Crippen molar-refractivity contribution in [2.75, 3.05) is 5.32 Å². The molecular formula is C19H17FN2O4S. The monoisotopic (exact) mass is 388 g/mol. The molecule has 2 atom stereocenters. The van der Waals surface area contributed by atoms with Crippen LogP contribution in [0.25, 0.3) is 0 Å². The van der Waals surface area contributed by atoms with Crippen molar-refractivity contribution < 1.29 is 23.9 Å². The first-order chi connectivity index (χ1) is 12.9. The second kappa shape index (κ2) is 8.22. The Morgan fingerprint density at radius 2 is 1.89 bits per heavy atom. The van der Waals surface area contributed by atoms with Crippen LogP contribution in [-0.4, -0.2) is 28.1 Å². The smallest absolute Gasteiger partial charge is 0.305 e. The van der Waals surface area contributed by atoms with Gasteiger partial charge in [0.15, 0.2) is 0 Å². The number of rotatable bonds is 6. The van der Waals surface area contributed by atoms with Gasteiger partial charge in [0.25, 0.3) is 0 Å². The first-order valence-corrected chi connectivity index (χ1v) is 9.13. The predicted octanol–water partition coefficient (Wildman–Crippen LogP) is 2.96. The molecule has 2 aromatic rings. The number of para-hydroxylation sites is 1. The number of amides is 2. The molecule has 2 unspecified atom stereocenters. The largest absolute Gasteiger partial charge is 0.481 e. The summed E-state index contributed by atoms with van der Waals surface area (Å²) in [6.45, 7) is 0.